The third-order valence-electron chi connectivity index (χ3n) is 12.0. The standard InChI is InChI=1S/C27H32O5.C17H14O5.C17H14O3/c1-18(2)9-8-10-19(3)15-16-32-24(29)17-20(4)22-13-14-23(28)25(27(22)31)26(30)21-11-6-5-7-12-21;1-10(9-14(19)20)12-7-8-13(18)15(17(12)22)16(21)11-5-3-2-4-6-11;1-11-9-10-20-17-13(11)7-8-14(18)15(17)16(19)12-5-3-2-4-6-12/h5-7,11-14,17,19,28,31H,1,8-10,15-16H2,2-4H3;2-9,18,22H,1H3,(H,19,20);2-9,18H,10H2,1H3/b20-17+;10-9+;. The molecule has 0 spiro atoms. The summed E-state index contributed by atoms with van der Waals surface area (Å²) in [5.74, 6) is -3.58. The largest absolute Gasteiger partial charge is 0.507 e. The predicted octanol–water partition coefficient (Wildman–Crippen LogP) is 12.3. The first-order valence-corrected chi connectivity index (χ1v) is 23.8. The lowest BCUT2D eigenvalue weighted by Crippen LogP contribution is -2.11. The highest BCUT2D eigenvalue weighted by molar-refractivity contribution is 6.15. The van der Waals surface area contributed by atoms with Crippen LogP contribution in [0.25, 0.3) is 16.7 Å². The molecule has 1 unspecified atom stereocenters. The van der Waals surface area contributed by atoms with Crippen molar-refractivity contribution in [3.05, 3.63) is 208 Å². The summed E-state index contributed by atoms with van der Waals surface area (Å²) in [5.41, 5.74) is 5.23. The summed E-state index contributed by atoms with van der Waals surface area (Å²) in [5, 5.41) is 59.9. The molecular weight excluding hydrogens is 941 g/mol. The topological polar surface area (TPSA) is 225 Å². The van der Waals surface area contributed by atoms with E-state index in [2.05, 4.69) is 13.5 Å². The fraction of sp³-hybridized carbons (Fsp3) is 0.197. The molecule has 13 heteroatoms. The number of phenolic OH excluding ortho intramolecular Hbond substituents is 5. The van der Waals surface area contributed by atoms with Gasteiger partial charge in [0.15, 0.2) is 0 Å². The van der Waals surface area contributed by atoms with Crippen molar-refractivity contribution >= 4 is 46.0 Å². The molecule has 7 rings (SSSR count). The normalized spacial score (nSPS) is 12.2. The monoisotopic (exact) mass is 1000 g/mol. The molecule has 6 aromatic carbocycles. The molecule has 1 aliphatic heterocycles. The minimum absolute atomic E-state index is 0.0488. The van der Waals surface area contributed by atoms with Crippen LogP contribution in [0.5, 0.6) is 34.5 Å². The maximum absolute atomic E-state index is 12.8. The summed E-state index contributed by atoms with van der Waals surface area (Å²) in [6, 6.07) is 34.2. The van der Waals surface area contributed by atoms with E-state index in [9.17, 15) is 49.5 Å². The van der Waals surface area contributed by atoms with Crippen LogP contribution >= 0.6 is 0 Å². The van der Waals surface area contributed by atoms with E-state index in [1.165, 1.54) is 42.8 Å². The van der Waals surface area contributed by atoms with Crippen molar-refractivity contribution in [2.75, 3.05) is 13.2 Å². The number of carbonyl (C=O) groups excluding carboxylic acids is 4. The molecule has 0 radical (unpaired) electrons. The molecule has 0 amide bonds. The first-order chi connectivity index (χ1) is 35.3. The number of ketones is 3. The van der Waals surface area contributed by atoms with Gasteiger partial charge in [-0.15, -0.1) is 6.58 Å². The Bertz CT molecular complexity index is 3110. The SMILES string of the molecule is C/C(=C\C(=O)O)c1ccc(O)c(C(=O)c2ccccc2)c1O.C=C(C)CCCC(C)CCOC(=O)/C=C(\C)c1ccc(O)c(C(=O)c2ccccc2)c1O.CC1=CCOc2c1ccc(O)c2C(=O)c1ccccc1. The summed E-state index contributed by atoms with van der Waals surface area (Å²) >= 11 is 0. The maximum Gasteiger partial charge on any atom is 0.331 e. The maximum atomic E-state index is 12.8. The number of allylic oxidation sites excluding steroid dienone is 4. The summed E-state index contributed by atoms with van der Waals surface area (Å²) in [6.07, 6.45) is 8.08. The van der Waals surface area contributed by atoms with Crippen molar-refractivity contribution in [1.82, 2.24) is 0 Å². The summed E-state index contributed by atoms with van der Waals surface area (Å²) in [4.78, 5) is 60.7. The average molecular weight is 1000 g/mol. The van der Waals surface area contributed by atoms with Gasteiger partial charge in [0.1, 0.15) is 57.8 Å². The van der Waals surface area contributed by atoms with E-state index in [-0.39, 0.29) is 62.2 Å². The Kier molecular flexibility index (Phi) is 20.0. The number of aromatic hydroxyl groups is 5. The van der Waals surface area contributed by atoms with Crippen LogP contribution in [0.3, 0.4) is 0 Å². The van der Waals surface area contributed by atoms with Crippen LogP contribution in [0.1, 0.15) is 125 Å². The predicted molar refractivity (Wildman–Crippen MR) is 285 cm³/mol. The van der Waals surface area contributed by atoms with Gasteiger partial charge in [0.05, 0.1) is 6.61 Å². The van der Waals surface area contributed by atoms with Gasteiger partial charge < -0.3 is 40.1 Å². The minimum Gasteiger partial charge on any atom is -0.507 e. The van der Waals surface area contributed by atoms with Crippen molar-refractivity contribution < 1.29 is 64.1 Å². The molecule has 1 heterocycles. The van der Waals surface area contributed by atoms with Gasteiger partial charge in [-0.1, -0.05) is 110 Å². The number of hydrogen-bond donors (Lipinski definition) is 6. The zero-order valence-electron chi connectivity index (χ0n) is 41.9. The van der Waals surface area contributed by atoms with E-state index in [0.717, 1.165) is 42.9 Å². The van der Waals surface area contributed by atoms with Gasteiger partial charge in [0.2, 0.25) is 17.3 Å². The number of benzene rings is 6. The van der Waals surface area contributed by atoms with Crippen molar-refractivity contribution in [3.8, 4) is 34.5 Å². The third-order valence-corrected chi connectivity index (χ3v) is 12.0. The first kappa shape index (κ1) is 56.0. The Morgan fingerprint density at radius 1 is 0.608 bits per heavy atom. The van der Waals surface area contributed by atoms with Crippen LogP contribution in [0.2, 0.25) is 0 Å². The zero-order valence-corrected chi connectivity index (χ0v) is 41.9. The number of aliphatic carboxylic acids is 1. The average Bonchev–Trinajstić information content (AvgIpc) is 3.37. The number of esters is 1. The minimum atomic E-state index is -1.17. The fourth-order valence-electron chi connectivity index (χ4n) is 7.88. The second-order valence-electron chi connectivity index (χ2n) is 17.7. The van der Waals surface area contributed by atoms with E-state index in [1.54, 1.807) is 104 Å². The lowest BCUT2D eigenvalue weighted by Gasteiger charge is -2.20. The molecule has 1 aliphatic rings. The fourth-order valence-corrected chi connectivity index (χ4v) is 7.88. The number of carboxylic acid groups (broad SMARTS) is 1. The van der Waals surface area contributed by atoms with Crippen LogP contribution in [-0.4, -0.2) is 73.1 Å². The third kappa shape index (κ3) is 14.8. The number of fused-ring (bicyclic) bond motifs is 1. The van der Waals surface area contributed by atoms with Crippen molar-refractivity contribution in [1.29, 1.82) is 0 Å². The van der Waals surface area contributed by atoms with Gasteiger partial charge in [0.25, 0.3) is 0 Å². The Hall–Kier alpha value is -8.97. The molecule has 0 saturated heterocycles. The molecule has 6 N–H and O–H groups in total. The van der Waals surface area contributed by atoms with Gasteiger partial charge in [-0.05, 0) is 112 Å². The van der Waals surface area contributed by atoms with Crippen molar-refractivity contribution in [2.45, 2.75) is 60.3 Å². The molecule has 0 fully saturated rings. The van der Waals surface area contributed by atoms with Crippen molar-refractivity contribution in [3.63, 3.8) is 0 Å². The molecule has 382 valence electrons. The zero-order chi connectivity index (χ0) is 54.1. The number of ether oxygens (including phenoxy) is 2. The number of phenols is 5. The highest BCUT2D eigenvalue weighted by atomic mass is 16.5. The van der Waals surface area contributed by atoms with Gasteiger partial charge in [0, 0.05) is 45.5 Å². The Balaban J connectivity index is 0.000000213. The Morgan fingerprint density at radius 3 is 1.50 bits per heavy atom. The highest BCUT2D eigenvalue weighted by Gasteiger charge is 2.26. The molecule has 1 atom stereocenters. The second-order valence-corrected chi connectivity index (χ2v) is 17.7. The number of hydrogen-bond acceptors (Lipinski definition) is 12. The summed E-state index contributed by atoms with van der Waals surface area (Å²) in [6.45, 7) is 13.9. The highest BCUT2D eigenvalue weighted by Crippen LogP contribution is 2.40. The lowest BCUT2D eigenvalue weighted by molar-refractivity contribution is -0.138. The molecule has 0 aromatic heterocycles. The number of carbonyl (C=O) groups is 5. The van der Waals surface area contributed by atoms with E-state index in [0.29, 0.717) is 47.1 Å². The van der Waals surface area contributed by atoms with Crippen LogP contribution in [0.15, 0.2) is 158 Å². The van der Waals surface area contributed by atoms with Crippen LogP contribution in [-0.2, 0) is 14.3 Å². The van der Waals surface area contributed by atoms with E-state index < -0.39 is 29.3 Å². The smallest absolute Gasteiger partial charge is 0.331 e. The molecule has 0 saturated carbocycles. The number of carboxylic acids is 1. The van der Waals surface area contributed by atoms with Gasteiger partial charge in [-0.2, -0.15) is 0 Å². The Morgan fingerprint density at radius 2 is 1.04 bits per heavy atom. The van der Waals surface area contributed by atoms with Crippen LogP contribution in [0.4, 0.5) is 0 Å². The molecule has 13 nitrogen and oxygen atoms in total. The first-order valence-electron chi connectivity index (χ1n) is 23.8. The van der Waals surface area contributed by atoms with Crippen LogP contribution < -0.4 is 4.74 Å². The van der Waals surface area contributed by atoms with Crippen LogP contribution in [0, 0.1) is 5.92 Å². The van der Waals surface area contributed by atoms with E-state index >= 15 is 0 Å². The van der Waals surface area contributed by atoms with E-state index in [1.807, 2.05) is 26.0 Å². The quantitative estimate of drug-likeness (QED) is 0.0217. The molecule has 0 aliphatic carbocycles. The van der Waals surface area contributed by atoms with E-state index in [4.69, 9.17) is 14.6 Å². The molecule has 74 heavy (non-hydrogen) atoms. The molecule has 0 bridgehead atoms. The molecule has 6 aromatic rings. The second kappa shape index (κ2) is 26.5. The van der Waals surface area contributed by atoms with Gasteiger partial charge >= 0.3 is 11.9 Å². The lowest BCUT2D eigenvalue weighted by atomic mass is 9.95. The molecular formula is C61H60O13. The number of rotatable bonds is 17. The van der Waals surface area contributed by atoms with Gasteiger partial charge in [-0.3, -0.25) is 14.4 Å². The summed E-state index contributed by atoms with van der Waals surface area (Å²) in [7, 11) is 0. The Labute approximate surface area is 430 Å². The van der Waals surface area contributed by atoms with Crippen molar-refractivity contribution in [2.24, 2.45) is 5.92 Å². The summed E-state index contributed by atoms with van der Waals surface area (Å²) < 4.78 is 10.9. The van der Waals surface area contributed by atoms with Gasteiger partial charge in [-0.25, -0.2) is 9.59 Å².